The molecule has 2 rings (SSSR count). The van der Waals surface area contributed by atoms with Crippen LogP contribution in [0.1, 0.15) is 16.7 Å². The van der Waals surface area contributed by atoms with Crippen LogP contribution in [0.4, 0.5) is 0 Å². The van der Waals surface area contributed by atoms with Gasteiger partial charge in [0.2, 0.25) is 0 Å². The molecule has 0 aromatic heterocycles. The van der Waals surface area contributed by atoms with Crippen molar-refractivity contribution in [1.29, 1.82) is 10.5 Å². The lowest BCUT2D eigenvalue weighted by Crippen LogP contribution is -2.00. The van der Waals surface area contributed by atoms with Gasteiger partial charge in [-0.25, -0.2) is 0 Å². The molecule has 0 saturated heterocycles. The quantitative estimate of drug-likeness (QED) is 0.813. The van der Waals surface area contributed by atoms with Crippen molar-refractivity contribution in [3.05, 3.63) is 65.2 Å². The van der Waals surface area contributed by atoms with E-state index in [0.29, 0.717) is 17.7 Å². The second-order valence-electron chi connectivity index (χ2n) is 4.09. The summed E-state index contributed by atoms with van der Waals surface area (Å²) in [5, 5.41) is 16.9. The van der Waals surface area contributed by atoms with E-state index in [2.05, 4.69) is 0 Å². The molecule has 2 aromatic rings. The second kappa shape index (κ2) is 7.91. The molecule has 2 aromatic carbocycles. The van der Waals surface area contributed by atoms with Gasteiger partial charge in [0.25, 0.3) is 10.1 Å². The largest absolute Gasteiger partial charge is 0.326 e. The van der Waals surface area contributed by atoms with E-state index in [1.54, 1.807) is 36.4 Å². The molecule has 0 fully saturated rings. The van der Waals surface area contributed by atoms with Gasteiger partial charge in [-0.1, -0.05) is 24.3 Å². The van der Waals surface area contributed by atoms with Crippen LogP contribution < -0.4 is 5.73 Å². The average molecular weight is 315 g/mol. The molecule has 0 heterocycles. The fourth-order valence-corrected chi connectivity index (χ4v) is 1.96. The number of hydrogen-bond donors (Lipinski definition) is 2. The predicted octanol–water partition coefficient (Wildman–Crippen LogP) is 1.82. The van der Waals surface area contributed by atoms with Gasteiger partial charge in [0, 0.05) is 6.54 Å². The second-order valence-corrected chi connectivity index (χ2v) is 5.51. The highest BCUT2D eigenvalue weighted by molar-refractivity contribution is 7.85. The van der Waals surface area contributed by atoms with Crippen LogP contribution in [0, 0.1) is 22.7 Å². The third kappa shape index (κ3) is 5.00. The maximum atomic E-state index is 10.6. The summed E-state index contributed by atoms with van der Waals surface area (Å²) in [6, 6.07) is 16.3. The Balaban J connectivity index is 0.000000224. The highest BCUT2D eigenvalue weighted by atomic mass is 32.2. The van der Waals surface area contributed by atoms with Gasteiger partial charge in [-0.15, -0.1) is 0 Å². The lowest BCUT2D eigenvalue weighted by atomic mass is 10.1. The van der Waals surface area contributed by atoms with Crippen molar-refractivity contribution >= 4 is 10.1 Å². The maximum absolute atomic E-state index is 10.6. The van der Waals surface area contributed by atoms with Gasteiger partial charge in [-0.05, 0) is 29.8 Å². The highest BCUT2D eigenvalue weighted by Crippen LogP contribution is 2.09. The summed E-state index contributed by atoms with van der Waals surface area (Å²) >= 11 is 0. The summed E-state index contributed by atoms with van der Waals surface area (Å²) in [4.78, 5) is -0.111. The molecule has 3 N–H and O–H groups in total. The minimum atomic E-state index is -4.07. The summed E-state index contributed by atoms with van der Waals surface area (Å²) in [6.45, 7) is 0.353. The number of nitriles is 2. The minimum absolute atomic E-state index is 0.111. The Bertz CT molecular complexity index is 783. The van der Waals surface area contributed by atoms with E-state index < -0.39 is 10.1 Å². The fourth-order valence-electron chi connectivity index (χ4n) is 1.48. The van der Waals surface area contributed by atoms with E-state index in [4.69, 9.17) is 20.8 Å². The average Bonchev–Trinajstić information content (AvgIpc) is 2.54. The summed E-state index contributed by atoms with van der Waals surface area (Å²) < 4.78 is 29.7. The number of rotatable bonds is 2. The van der Waals surface area contributed by atoms with Gasteiger partial charge < -0.3 is 5.73 Å². The Morgan fingerprint density at radius 3 is 1.73 bits per heavy atom. The summed E-state index contributed by atoms with van der Waals surface area (Å²) in [5.41, 5.74) is 6.99. The number of benzene rings is 2. The number of nitrogens with zero attached hydrogens (tertiary/aromatic N) is 2. The molecule has 0 unspecified atom stereocenters. The predicted molar refractivity (Wildman–Crippen MR) is 80.0 cm³/mol. The Labute approximate surface area is 128 Å². The molecule has 0 atom stereocenters. The Morgan fingerprint density at radius 2 is 1.41 bits per heavy atom. The molecule has 6 nitrogen and oxygen atoms in total. The first kappa shape index (κ1) is 17.3. The normalized spacial score (nSPS) is 9.82. The van der Waals surface area contributed by atoms with E-state index in [9.17, 15) is 8.42 Å². The van der Waals surface area contributed by atoms with Crippen LogP contribution in [0.2, 0.25) is 0 Å². The van der Waals surface area contributed by atoms with Gasteiger partial charge in [0.15, 0.2) is 0 Å². The SMILES string of the molecule is N#Cc1ccccc1C#N.NCc1ccc(S(=O)(=O)O)cc1. The van der Waals surface area contributed by atoms with E-state index in [0.717, 1.165) is 5.56 Å². The molecule has 0 aliphatic heterocycles. The molecule has 0 bridgehead atoms. The zero-order valence-electron chi connectivity index (χ0n) is 11.5. The third-order valence-corrected chi connectivity index (χ3v) is 3.49. The van der Waals surface area contributed by atoms with Crippen LogP contribution in [0.25, 0.3) is 0 Å². The number of hydrogen-bond acceptors (Lipinski definition) is 5. The highest BCUT2D eigenvalue weighted by Gasteiger charge is 2.07. The number of nitrogens with two attached hydrogens (primary N) is 1. The van der Waals surface area contributed by atoms with Crippen molar-refractivity contribution in [3.63, 3.8) is 0 Å². The summed E-state index contributed by atoms with van der Waals surface area (Å²) in [7, 11) is -4.07. The topological polar surface area (TPSA) is 128 Å². The van der Waals surface area contributed by atoms with E-state index in [1.165, 1.54) is 12.1 Å². The van der Waals surface area contributed by atoms with Crippen LogP contribution in [0.15, 0.2) is 53.4 Å². The molecule has 0 aliphatic rings. The van der Waals surface area contributed by atoms with Crippen molar-refractivity contribution in [3.8, 4) is 12.1 Å². The van der Waals surface area contributed by atoms with Crippen molar-refractivity contribution < 1.29 is 13.0 Å². The van der Waals surface area contributed by atoms with Crippen LogP contribution in [-0.2, 0) is 16.7 Å². The van der Waals surface area contributed by atoms with Gasteiger partial charge in [0.05, 0.1) is 16.0 Å². The molecule has 0 aliphatic carbocycles. The molecule has 0 radical (unpaired) electrons. The van der Waals surface area contributed by atoms with Gasteiger partial charge >= 0.3 is 0 Å². The molecule has 7 heteroatoms. The van der Waals surface area contributed by atoms with Crippen molar-refractivity contribution in [2.24, 2.45) is 5.73 Å². The lowest BCUT2D eigenvalue weighted by Gasteiger charge is -1.98. The molecule has 0 spiro atoms. The van der Waals surface area contributed by atoms with E-state index in [1.807, 2.05) is 12.1 Å². The van der Waals surface area contributed by atoms with Crippen LogP contribution in [0.3, 0.4) is 0 Å². The first-order valence-electron chi connectivity index (χ1n) is 6.08. The standard InChI is InChI=1S/C8H4N2.C7H9NO3S/c9-5-7-3-1-2-4-8(7)6-10;8-5-6-1-3-7(4-2-6)12(9,10)11/h1-4H;1-4H,5,8H2,(H,9,10,11). The van der Waals surface area contributed by atoms with Crippen LogP contribution in [-0.4, -0.2) is 13.0 Å². The van der Waals surface area contributed by atoms with E-state index in [-0.39, 0.29) is 4.90 Å². The maximum Gasteiger partial charge on any atom is 0.294 e. The first-order chi connectivity index (χ1) is 10.4. The van der Waals surface area contributed by atoms with Crippen LogP contribution >= 0.6 is 0 Å². The van der Waals surface area contributed by atoms with Crippen molar-refractivity contribution in [2.45, 2.75) is 11.4 Å². The zero-order chi connectivity index (χ0) is 16.6. The Kier molecular flexibility index (Phi) is 6.24. The van der Waals surface area contributed by atoms with Gasteiger partial charge in [0.1, 0.15) is 12.1 Å². The van der Waals surface area contributed by atoms with Crippen LogP contribution in [0.5, 0.6) is 0 Å². The molecule has 22 heavy (non-hydrogen) atoms. The smallest absolute Gasteiger partial charge is 0.294 e. The summed E-state index contributed by atoms with van der Waals surface area (Å²) in [5.74, 6) is 0. The Morgan fingerprint density at radius 1 is 0.955 bits per heavy atom. The minimum Gasteiger partial charge on any atom is -0.326 e. The monoisotopic (exact) mass is 315 g/mol. The Hall–Kier alpha value is -2.71. The first-order valence-corrected chi connectivity index (χ1v) is 7.52. The third-order valence-electron chi connectivity index (χ3n) is 2.62. The molecular weight excluding hydrogens is 302 g/mol. The van der Waals surface area contributed by atoms with Crippen molar-refractivity contribution in [1.82, 2.24) is 0 Å². The van der Waals surface area contributed by atoms with E-state index >= 15 is 0 Å². The summed E-state index contributed by atoms with van der Waals surface area (Å²) in [6.07, 6.45) is 0. The van der Waals surface area contributed by atoms with Gasteiger partial charge in [-0.2, -0.15) is 18.9 Å². The molecule has 0 saturated carbocycles. The van der Waals surface area contributed by atoms with Gasteiger partial charge in [-0.3, -0.25) is 4.55 Å². The lowest BCUT2D eigenvalue weighted by molar-refractivity contribution is 0.483. The molecule has 112 valence electrons. The fraction of sp³-hybridized carbons (Fsp3) is 0.0667. The molecular formula is C15H13N3O3S. The zero-order valence-corrected chi connectivity index (χ0v) is 12.3. The van der Waals surface area contributed by atoms with Crippen molar-refractivity contribution in [2.75, 3.05) is 0 Å². The molecule has 0 amide bonds.